The summed E-state index contributed by atoms with van der Waals surface area (Å²) >= 11 is 0. The first-order valence-electron chi connectivity index (χ1n) is 8.57. The Morgan fingerprint density at radius 3 is 2.92 bits per heavy atom. The van der Waals surface area contributed by atoms with Gasteiger partial charge in [0.05, 0.1) is 18.8 Å². The van der Waals surface area contributed by atoms with Crippen LogP contribution in [0, 0.1) is 0 Å². The summed E-state index contributed by atoms with van der Waals surface area (Å²) in [4.78, 5) is 12.4. The van der Waals surface area contributed by atoms with Crippen LogP contribution in [0.1, 0.15) is 41.5 Å². The van der Waals surface area contributed by atoms with E-state index in [1.54, 1.807) is 16.9 Å². The van der Waals surface area contributed by atoms with Gasteiger partial charge in [-0.3, -0.25) is 4.79 Å². The highest BCUT2D eigenvalue weighted by Gasteiger charge is 2.29. The predicted octanol–water partition coefficient (Wildman–Crippen LogP) is 1.95. The Morgan fingerprint density at radius 2 is 2.15 bits per heavy atom. The molecule has 8 heteroatoms. The maximum Gasteiger partial charge on any atom is 0.273 e. The highest BCUT2D eigenvalue weighted by molar-refractivity contribution is 5.93. The molecule has 0 spiro atoms. The van der Waals surface area contributed by atoms with E-state index >= 15 is 0 Å². The Morgan fingerprint density at radius 1 is 1.31 bits per heavy atom. The van der Waals surface area contributed by atoms with Gasteiger partial charge in [0.2, 0.25) is 0 Å². The van der Waals surface area contributed by atoms with Crippen LogP contribution < -0.4 is 5.32 Å². The van der Waals surface area contributed by atoms with Crippen LogP contribution >= 0.6 is 0 Å². The van der Waals surface area contributed by atoms with E-state index in [9.17, 15) is 4.79 Å². The van der Waals surface area contributed by atoms with Crippen molar-refractivity contribution in [2.45, 2.75) is 38.0 Å². The molecule has 26 heavy (non-hydrogen) atoms. The predicted molar refractivity (Wildman–Crippen MR) is 92.0 cm³/mol. The van der Waals surface area contributed by atoms with Crippen LogP contribution in [0.3, 0.4) is 0 Å². The van der Waals surface area contributed by atoms with E-state index in [-0.39, 0.29) is 30.3 Å². The molecule has 2 N–H and O–H groups in total. The van der Waals surface area contributed by atoms with Gasteiger partial charge in [0.15, 0.2) is 11.5 Å². The third-order valence-electron chi connectivity index (χ3n) is 4.64. The number of carbonyl (C=O) groups is 1. The zero-order valence-corrected chi connectivity index (χ0v) is 14.1. The number of carbonyl (C=O) groups excluding carboxylic acids is 1. The molecule has 134 valence electrons. The molecule has 2 aromatic heterocycles. The third kappa shape index (κ3) is 3.36. The maximum atomic E-state index is 12.4. The molecule has 1 saturated carbocycles. The fraction of sp³-hybridized carbons (Fsp3) is 0.333. The zero-order valence-electron chi connectivity index (χ0n) is 14.1. The average molecular weight is 353 g/mol. The van der Waals surface area contributed by atoms with Crippen LogP contribution in [0.15, 0.2) is 47.1 Å². The summed E-state index contributed by atoms with van der Waals surface area (Å²) in [5.74, 6) is 0.329. The second-order valence-corrected chi connectivity index (χ2v) is 6.43. The number of amides is 1. The molecule has 1 fully saturated rings. The van der Waals surface area contributed by atoms with Crippen LogP contribution in [-0.4, -0.2) is 37.2 Å². The minimum atomic E-state index is -0.240. The number of aliphatic hydroxyl groups excluding tert-OH is 1. The Balaban J connectivity index is 1.37. The molecule has 1 aromatic carbocycles. The van der Waals surface area contributed by atoms with Crippen LogP contribution in [0.5, 0.6) is 0 Å². The van der Waals surface area contributed by atoms with Crippen molar-refractivity contribution in [2.24, 2.45) is 0 Å². The van der Waals surface area contributed by atoms with E-state index in [1.165, 1.54) is 0 Å². The van der Waals surface area contributed by atoms with Gasteiger partial charge in [-0.2, -0.15) is 0 Å². The van der Waals surface area contributed by atoms with Crippen molar-refractivity contribution in [2.75, 3.05) is 0 Å². The number of nitrogens with one attached hydrogen (secondary N) is 1. The van der Waals surface area contributed by atoms with Gasteiger partial charge in [0.25, 0.3) is 5.91 Å². The molecule has 0 bridgehead atoms. The first-order chi connectivity index (χ1) is 12.7. The van der Waals surface area contributed by atoms with E-state index in [0.717, 1.165) is 24.8 Å². The molecule has 2 atom stereocenters. The number of benzene rings is 1. The van der Waals surface area contributed by atoms with E-state index in [2.05, 4.69) is 20.8 Å². The zero-order chi connectivity index (χ0) is 17.9. The molecule has 0 radical (unpaired) electrons. The van der Waals surface area contributed by atoms with Crippen molar-refractivity contribution in [1.82, 2.24) is 25.5 Å². The topological polar surface area (TPSA) is 106 Å². The number of nitrogens with zero attached hydrogens (tertiary/aromatic N) is 4. The summed E-state index contributed by atoms with van der Waals surface area (Å²) in [6, 6.07) is 11.4. The van der Waals surface area contributed by atoms with E-state index in [1.807, 2.05) is 30.3 Å². The van der Waals surface area contributed by atoms with Crippen LogP contribution in [-0.2, 0) is 6.61 Å². The van der Waals surface area contributed by atoms with Crippen LogP contribution in [0.25, 0.3) is 11.3 Å². The second kappa shape index (κ2) is 7.09. The highest BCUT2D eigenvalue weighted by atomic mass is 16.5. The molecule has 2 unspecified atom stereocenters. The third-order valence-corrected chi connectivity index (χ3v) is 4.64. The second-order valence-electron chi connectivity index (χ2n) is 6.43. The van der Waals surface area contributed by atoms with E-state index in [0.29, 0.717) is 11.5 Å². The summed E-state index contributed by atoms with van der Waals surface area (Å²) in [6.45, 7) is -0.122. The van der Waals surface area contributed by atoms with E-state index in [4.69, 9.17) is 9.63 Å². The number of hydrogen-bond donors (Lipinski definition) is 2. The Labute approximate surface area is 149 Å². The fourth-order valence-electron chi connectivity index (χ4n) is 3.27. The van der Waals surface area contributed by atoms with Gasteiger partial charge in [-0.05, 0) is 19.3 Å². The molecule has 0 aliphatic heterocycles. The molecule has 1 amide bonds. The standard InChI is InChI=1S/C18H19N5O3/c24-11-14-10-23(22-20-14)15-7-6-13(8-15)19-18(25)16-9-17(26-21-16)12-4-2-1-3-5-12/h1-5,9-10,13,15,24H,6-8,11H2,(H,19,25). The minimum Gasteiger partial charge on any atom is -0.390 e. The Kier molecular flexibility index (Phi) is 4.49. The molecule has 4 rings (SSSR count). The number of aliphatic hydroxyl groups is 1. The highest BCUT2D eigenvalue weighted by Crippen LogP contribution is 2.29. The lowest BCUT2D eigenvalue weighted by Gasteiger charge is -2.12. The van der Waals surface area contributed by atoms with Gasteiger partial charge in [-0.1, -0.05) is 40.7 Å². The smallest absolute Gasteiger partial charge is 0.273 e. The SMILES string of the molecule is O=C(NC1CCC(n2cc(CO)nn2)C1)c1cc(-c2ccccc2)on1. The monoisotopic (exact) mass is 353 g/mol. The minimum absolute atomic E-state index is 0.0474. The molecular weight excluding hydrogens is 334 g/mol. The summed E-state index contributed by atoms with van der Waals surface area (Å²) in [6.07, 6.45) is 4.27. The van der Waals surface area contributed by atoms with Gasteiger partial charge < -0.3 is 14.9 Å². The summed E-state index contributed by atoms with van der Waals surface area (Å²) in [5.41, 5.74) is 1.70. The van der Waals surface area contributed by atoms with Gasteiger partial charge in [0.1, 0.15) is 5.69 Å². The Bertz CT molecular complexity index is 889. The van der Waals surface area contributed by atoms with Gasteiger partial charge in [-0.15, -0.1) is 5.10 Å². The van der Waals surface area contributed by atoms with Crippen molar-refractivity contribution < 1.29 is 14.4 Å². The van der Waals surface area contributed by atoms with Crippen molar-refractivity contribution in [3.8, 4) is 11.3 Å². The van der Waals surface area contributed by atoms with Crippen molar-refractivity contribution in [3.63, 3.8) is 0 Å². The van der Waals surface area contributed by atoms with Crippen molar-refractivity contribution >= 4 is 5.91 Å². The molecule has 1 aliphatic carbocycles. The van der Waals surface area contributed by atoms with Crippen LogP contribution in [0.4, 0.5) is 0 Å². The number of aromatic nitrogens is 4. The van der Waals surface area contributed by atoms with Gasteiger partial charge >= 0.3 is 0 Å². The normalized spacial score (nSPS) is 19.6. The van der Waals surface area contributed by atoms with Gasteiger partial charge in [-0.25, -0.2) is 4.68 Å². The molecule has 8 nitrogen and oxygen atoms in total. The molecule has 0 saturated heterocycles. The molecule has 2 heterocycles. The largest absolute Gasteiger partial charge is 0.390 e. The van der Waals surface area contributed by atoms with Crippen LogP contribution in [0.2, 0.25) is 0 Å². The summed E-state index contributed by atoms with van der Waals surface area (Å²) in [5, 5.41) is 23.9. The number of hydrogen-bond acceptors (Lipinski definition) is 6. The van der Waals surface area contributed by atoms with Crippen molar-refractivity contribution in [3.05, 3.63) is 54.0 Å². The Hall–Kier alpha value is -3.00. The summed E-state index contributed by atoms with van der Waals surface area (Å²) < 4.78 is 7.05. The summed E-state index contributed by atoms with van der Waals surface area (Å²) in [7, 11) is 0. The van der Waals surface area contributed by atoms with Gasteiger partial charge in [0, 0.05) is 17.7 Å². The lowest BCUT2D eigenvalue weighted by molar-refractivity contribution is 0.0928. The number of rotatable bonds is 5. The maximum absolute atomic E-state index is 12.4. The molecular formula is C18H19N5O3. The first kappa shape index (κ1) is 16.5. The van der Waals surface area contributed by atoms with E-state index < -0.39 is 0 Å². The van der Waals surface area contributed by atoms with Crippen molar-refractivity contribution in [1.29, 1.82) is 0 Å². The quantitative estimate of drug-likeness (QED) is 0.726. The molecule has 1 aliphatic rings. The first-order valence-corrected chi connectivity index (χ1v) is 8.57. The average Bonchev–Trinajstić information content (AvgIpc) is 3.42. The lowest BCUT2D eigenvalue weighted by Crippen LogP contribution is -2.33. The lowest BCUT2D eigenvalue weighted by atomic mass is 10.1. The molecule has 3 aromatic rings. The fourth-order valence-corrected chi connectivity index (χ4v) is 3.27.